The number of nitrogens with two attached hydrogens (primary N) is 1. The van der Waals surface area contributed by atoms with Gasteiger partial charge in [-0.15, -0.1) is 0 Å². The van der Waals surface area contributed by atoms with Gasteiger partial charge in [0.1, 0.15) is 6.04 Å². The van der Waals surface area contributed by atoms with Crippen LogP contribution in [0.15, 0.2) is 4.99 Å². The van der Waals surface area contributed by atoms with Gasteiger partial charge in [-0.25, -0.2) is 0 Å². The summed E-state index contributed by atoms with van der Waals surface area (Å²) in [5, 5.41) is 4.09. The molecule has 18 heavy (non-hydrogen) atoms. The van der Waals surface area contributed by atoms with Crippen LogP contribution in [-0.2, 0) is 4.79 Å². The van der Waals surface area contributed by atoms with Gasteiger partial charge in [0.15, 0.2) is 5.17 Å². The number of carbonyl (C=O) groups is 1. The van der Waals surface area contributed by atoms with E-state index in [0.717, 1.165) is 17.5 Å². The Kier molecular flexibility index (Phi) is 4.20. The van der Waals surface area contributed by atoms with Crippen LogP contribution in [0.1, 0.15) is 39.5 Å². The largest absolute Gasteiger partial charge is 0.368 e. The van der Waals surface area contributed by atoms with E-state index < -0.39 is 0 Å². The SMILES string of the molecule is CC(C)C(NC1=NCC2(CCCC2)CS1)C(N)=O. The molecule has 1 spiro atoms. The molecule has 1 fully saturated rings. The lowest BCUT2D eigenvalue weighted by molar-refractivity contribution is -0.120. The quantitative estimate of drug-likeness (QED) is 0.820. The molecule has 102 valence electrons. The Morgan fingerprint density at radius 2 is 2.11 bits per heavy atom. The topological polar surface area (TPSA) is 67.5 Å². The summed E-state index contributed by atoms with van der Waals surface area (Å²) in [5.74, 6) is 1.02. The van der Waals surface area contributed by atoms with Gasteiger partial charge in [0.05, 0.1) is 0 Å². The molecule has 3 N–H and O–H groups in total. The number of hydrogen-bond acceptors (Lipinski definition) is 4. The van der Waals surface area contributed by atoms with Gasteiger partial charge in [0.25, 0.3) is 0 Å². The number of carbonyl (C=O) groups excluding carboxylic acids is 1. The molecule has 5 heteroatoms. The van der Waals surface area contributed by atoms with Crippen molar-refractivity contribution in [2.24, 2.45) is 22.1 Å². The monoisotopic (exact) mass is 269 g/mol. The first-order valence-electron chi connectivity index (χ1n) is 6.76. The van der Waals surface area contributed by atoms with Gasteiger partial charge < -0.3 is 11.1 Å². The lowest BCUT2D eigenvalue weighted by atomic mass is 9.89. The van der Waals surface area contributed by atoms with Crippen molar-refractivity contribution in [3.8, 4) is 0 Å². The second-order valence-electron chi connectivity index (χ2n) is 5.89. The number of amidine groups is 1. The van der Waals surface area contributed by atoms with Gasteiger partial charge in [0, 0.05) is 12.3 Å². The fraction of sp³-hybridized carbons (Fsp3) is 0.846. The average Bonchev–Trinajstić information content (AvgIpc) is 2.76. The molecule has 1 aliphatic carbocycles. The molecule has 1 aliphatic heterocycles. The van der Waals surface area contributed by atoms with Crippen LogP contribution >= 0.6 is 11.8 Å². The lowest BCUT2D eigenvalue weighted by Crippen LogP contribution is -2.48. The summed E-state index contributed by atoms with van der Waals surface area (Å²) in [4.78, 5) is 16.0. The molecule has 0 aromatic carbocycles. The molecule has 2 rings (SSSR count). The van der Waals surface area contributed by atoms with E-state index in [1.54, 1.807) is 11.8 Å². The van der Waals surface area contributed by atoms with Crippen molar-refractivity contribution < 1.29 is 4.79 Å². The first kappa shape index (κ1) is 13.7. The normalized spacial score (nSPS) is 24.1. The summed E-state index contributed by atoms with van der Waals surface area (Å²) in [5.41, 5.74) is 5.85. The van der Waals surface area contributed by atoms with E-state index in [1.807, 2.05) is 13.8 Å². The summed E-state index contributed by atoms with van der Waals surface area (Å²) in [6.45, 7) is 4.90. The maximum atomic E-state index is 11.4. The number of amides is 1. The fourth-order valence-corrected chi connectivity index (χ4v) is 3.96. The summed E-state index contributed by atoms with van der Waals surface area (Å²) < 4.78 is 0. The van der Waals surface area contributed by atoms with Crippen LogP contribution in [0.5, 0.6) is 0 Å². The molecule has 0 bridgehead atoms. The molecule has 1 atom stereocenters. The number of rotatable bonds is 3. The minimum Gasteiger partial charge on any atom is -0.368 e. The Hall–Kier alpha value is -0.710. The van der Waals surface area contributed by atoms with Gasteiger partial charge in [-0.05, 0) is 24.2 Å². The van der Waals surface area contributed by atoms with Crippen molar-refractivity contribution in [1.29, 1.82) is 0 Å². The third-order valence-corrected chi connectivity index (χ3v) is 5.27. The Morgan fingerprint density at radius 1 is 1.44 bits per heavy atom. The standard InChI is InChI=1S/C13H23N3OS/c1-9(2)10(11(14)17)16-12-15-7-13(8-18-12)5-3-4-6-13/h9-10H,3-8H2,1-2H3,(H2,14,17)(H,15,16). The first-order valence-corrected chi connectivity index (χ1v) is 7.74. The van der Waals surface area contributed by atoms with Crippen LogP contribution in [0.3, 0.4) is 0 Å². The zero-order valence-electron chi connectivity index (χ0n) is 11.2. The molecule has 4 nitrogen and oxygen atoms in total. The Labute approximate surface area is 113 Å². The van der Waals surface area contributed by atoms with Crippen molar-refractivity contribution >= 4 is 22.8 Å². The molecule has 1 unspecified atom stereocenters. The predicted octanol–water partition coefficient (Wildman–Crippen LogP) is 1.75. The molecular weight excluding hydrogens is 246 g/mol. The third kappa shape index (κ3) is 2.99. The number of nitrogens with zero attached hydrogens (tertiary/aromatic N) is 1. The number of aliphatic imine (C=N–C) groups is 1. The van der Waals surface area contributed by atoms with Crippen molar-refractivity contribution in [2.45, 2.75) is 45.6 Å². The fourth-order valence-electron chi connectivity index (χ4n) is 2.77. The van der Waals surface area contributed by atoms with Gasteiger partial charge in [0.2, 0.25) is 5.91 Å². The predicted molar refractivity (Wildman–Crippen MR) is 76.6 cm³/mol. The minimum atomic E-state index is -0.311. The molecule has 1 saturated carbocycles. The molecule has 0 radical (unpaired) electrons. The maximum absolute atomic E-state index is 11.4. The van der Waals surface area contributed by atoms with E-state index in [9.17, 15) is 4.79 Å². The number of nitrogens with one attached hydrogen (secondary N) is 1. The van der Waals surface area contributed by atoms with E-state index in [1.165, 1.54) is 25.7 Å². The number of thioether (sulfide) groups is 1. The highest BCUT2D eigenvalue weighted by Gasteiger charge is 2.37. The van der Waals surface area contributed by atoms with Gasteiger partial charge in [-0.3, -0.25) is 9.79 Å². The van der Waals surface area contributed by atoms with E-state index in [0.29, 0.717) is 5.41 Å². The zero-order chi connectivity index (χ0) is 13.2. The van der Waals surface area contributed by atoms with Crippen molar-refractivity contribution in [1.82, 2.24) is 5.32 Å². The number of hydrogen-bond donors (Lipinski definition) is 2. The molecule has 0 saturated heterocycles. The van der Waals surface area contributed by atoms with Gasteiger partial charge in [-0.1, -0.05) is 38.5 Å². The van der Waals surface area contributed by atoms with Crippen molar-refractivity contribution in [3.63, 3.8) is 0 Å². The van der Waals surface area contributed by atoms with Crippen LogP contribution < -0.4 is 11.1 Å². The van der Waals surface area contributed by atoms with Crippen LogP contribution in [0, 0.1) is 11.3 Å². The molecule has 1 amide bonds. The average molecular weight is 269 g/mol. The summed E-state index contributed by atoms with van der Waals surface area (Å²) in [6, 6.07) is -0.311. The summed E-state index contributed by atoms with van der Waals surface area (Å²) in [6.07, 6.45) is 5.30. The van der Waals surface area contributed by atoms with Gasteiger partial charge in [-0.2, -0.15) is 0 Å². The third-order valence-electron chi connectivity index (χ3n) is 3.99. The second kappa shape index (κ2) is 5.51. The highest BCUT2D eigenvalue weighted by atomic mass is 32.2. The minimum absolute atomic E-state index is 0.188. The highest BCUT2D eigenvalue weighted by Crippen LogP contribution is 2.43. The van der Waals surface area contributed by atoms with E-state index in [-0.39, 0.29) is 17.9 Å². The van der Waals surface area contributed by atoms with Crippen LogP contribution in [0.4, 0.5) is 0 Å². The highest BCUT2D eigenvalue weighted by molar-refractivity contribution is 8.13. The van der Waals surface area contributed by atoms with Crippen molar-refractivity contribution in [2.75, 3.05) is 12.3 Å². The molecule has 0 aromatic heterocycles. The van der Waals surface area contributed by atoms with Crippen LogP contribution in [0.2, 0.25) is 0 Å². The van der Waals surface area contributed by atoms with Crippen LogP contribution in [0.25, 0.3) is 0 Å². The van der Waals surface area contributed by atoms with E-state index in [2.05, 4.69) is 10.3 Å². The summed E-state index contributed by atoms with van der Waals surface area (Å²) in [7, 11) is 0. The maximum Gasteiger partial charge on any atom is 0.240 e. The Balaban J connectivity index is 1.95. The molecule has 0 aromatic rings. The van der Waals surface area contributed by atoms with E-state index in [4.69, 9.17) is 5.73 Å². The molecule has 2 aliphatic rings. The Morgan fingerprint density at radius 3 is 2.56 bits per heavy atom. The summed E-state index contributed by atoms with van der Waals surface area (Å²) >= 11 is 1.75. The van der Waals surface area contributed by atoms with E-state index >= 15 is 0 Å². The smallest absolute Gasteiger partial charge is 0.240 e. The van der Waals surface area contributed by atoms with Crippen molar-refractivity contribution in [3.05, 3.63) is 0 Å². The number of primary amides is 1. The second-order valence-corrected chi connectivity index (χ2v) is 6.85. The Bertz CT molecular complexity index is 348. The zero-order valence-corrected chi connectivity index (χ0v) is 12.1. The first-order chi connectivity index (χ1) is 8.52. The van der Waals surface area contributed by atoms with Gasteiger partial charge >= 0.3 is 0 Å². The molecular formula is C13H23N3OS. The lowest BCUT2D eigenvalue weighted by Gasteiger charge is -2.32. The molecule has 1 heterocycles. The van der Waals surface area contributed by atoms with Crippen LogP contribution in [-0.4, -0.2) is 29.4 Å².